The highest BCUT2D eigenvalue weighted by atomic mass is 19.4. The van der Waals surface area contributed by atoms with Gasteiger partial charge in [-0.05, 0) is 42.4 Å². The Hall–Kier alpha value is -3.53. The summed E-state index contributed by atoms with van der Waals surface area (Å²) in [5, 5.41) is 5.14. The van der Waals surface area contributed by atoms with Gasteiger partial charge in [0.1, 0.15) is 5.75 Å². The molecule has 1 aliphatic heterocycles. The van der Waals surface area contributed by atoms with Crippen LogP contribution in [-0.2, 0) is 22.3 Å². The van der Waals surface area contributed by atoms with Gasteiger partial charge in [0.2, 0.25) is 5.91 Å². The number of carbonyl (C=O) groups is 2. The Morgan fingerprint density at radius 3 is 2.17 bits per heavy atom. The number of halogens is 3. The van der Waals surface area contributed by atoms with Gasteiger partial charge in [-0.25, -0.2) is 0 Å². The van der Waals surface area contributed by atoms with E-state index in [0.717, 1.165) is 67.3 Å². The maximum absolute atomic E-state index is 12.6. The molecule has 1 saturated heterocycles. The van der Waals surface area contributed by atoms with Crippen LogP contribution in [0.2, 0.25) is 0 Å². The van der Waals surface area contributed by atoms with Gasteiger partial charge in [0.25, 0.3) is 5.91 Å². The van der Waals surface area contributed by atoms with E-state index in [9.17, 15) is 22.8 Å². The summed E-state index contributed by atoms with van der Waals surface area (Å²) in [6.45, 7) is 7.73. The zero-order valence-corrected chi connectivity index (χ0v) is 19.5. The summed E-state index contributed by atoms with van der Waals surface area (Å²) in [7, 11) is 2.10. The van der Waals surface area contributed by atoms with Crippen LogP contribution in [0.5, 0.6) is 5.75 Å². The van der Waals surface area contributed by atoms with Crippen LogP contribution in [-0.4, -0.2) is 68.0 Å². The van der Waals surface area contributed by atoms with Gasteiger partial charge in [-0.1, -0.05) is 30.8 Å². The van der Waals surface area contributed by atoms with Crippen LogP contribution in [0.25, 0.3) is 5.70 Å². The van der Waals surface area contributed by atoms with E-state index < -0.39 is 24.3 Å². The standard InChI is InChI=1S/C25H29F3N4O3/c1-18(32-13-11-31(2)12-14-32)20-5-3-19(4-6-20)15-29-23(33)16-30-24(34)17-35-22-9-7-21(8-10-22)25(26,27)28/h3-10H,1,11-17H2,2H3,(H,29,33)(H,30,34). The van der Waals surface area contributed by atoms with E-state index in [4.69, 9.17) is 4.74 Å². The molecule has 2 aromatic carbocycles. The smallest absolute Gasteiger partial charge is 0.416 e. The SMILES string of the molecule is C=C(c1ccc(CNC(=O)CNC(=O)COc2ccc(C(F)(F)F)cc2)cc1)N1CCN(C)CC1. The predicted molar refractivity (Wildman–Crippen MR) is 126 cm³/mol. The van der Waals surface area contributed by atoms with Gasteiger partial charge < -0.3 is 25.2 Å². The molecule has 10 heteroatoms. The summed E-state index contributed by atoms with van der Waals surface area (Å²) in [6, 6.07) is 11.8. The predicted octanol–water partition coefficient (Wildman–Crippen LogP) is 2.73. The number of amides is 2. The van der Waals surface area contributed by atoms with E-state index >= 15 is 0 Å². The Balaban J connectivity index is 1.35. The number of rotatable bonds is 9. The first kappa shape index (κ1) is 26.1. The van der Waals surface area contributed by atoms with Crippen LogP contribution in [0, 0.1) is 0 Å². The summed E-state index contributed by atoms with van der Waals surface area (Å²) in [6.07, 6.45) is -4.44. The Bertz CT molecular complexity index is 1020. The van der Waals surface area contributed by atoms with Crippen molar-refractivity contribution in [2.75, 3.05) is 46.4 Å². The molecule has 0 aliphatic carbocycles. The van der Waals surface area contributed by atoms with Crippen LogP contribution < -0.4 is 15.4 Å². The molecular formula is C25H29F3N4O3. The van der Waals surface area contributed by atoms with Gasteiger partial charge in [-0.3, -0.25) is 9.59 Å². The van der Waals surface area contributed by atoms with Crippen molar-refractivity contribution in [3.63, 3.8) is 0 Å². The van der Waals surface area contributed by atoms with E-state index in [2.05, 4.69) is 34.1 Å². The molecule has 0 radical (unpaired) electrons. The second-order valence-corrected chi connectivity index (χ2v) is 8.30. The highest BCUT2D eigenvalue weighted by Gasteiger charge is 2.30. The van der Waals surface area contributed by atoms with Crippen LogP contribution in [0.3, 0.4) is 0 Å². The molecular weight excluding hydrogens is 461 g/mol. The second kappa shape index (κ2) is 11.7. The molecule has 3 rings (SSSR count). The lowest BCUT2D eigenvalue weighted by Crippen LogP contribution is -2.43. The van der Waals surface area contributed by atoms with Crippen molar-refractivity contribution >= 4 is 17.5 Å². The topological polar surface area (TPSA) is 73.9 Å². The van der Waals surface area contributed by atoms with Crippen molar-refractivity contribution in [2.45, 2.75) is 12.7 Å². The van der Waals surface area contributed by atoms with E-state index in [1.807, 2.05) is 24.3 Å². The fourth-order valence-corrected chi connectivity index (χ4v) is 3.46. The minimum atomic E-state index is -4.44. The average Bonchev–Trinajstić information content (AvgIpc) is 2.85. The lowest BCUT2D eigenvalue weighted by Gasteiger charge is -2.35. The van der Waals surface area contributed by atoms with Crippen molar-refractivity contribution < 1.29 is 27.5 Å². The van der Waals surface area contributed by atoms with Crippen LogP contribution in [0.4, 0.5) is 13.2 Å². The molecule has 1 heterocycles. The van der Waals surface area contributed by atoms with E-state index in [1.165, 1.54) is 0 Å². The van der Waals surface area contributed by atoms with Gasteiger partial charge in [0.15, 0.2) is 6.61 Å². The lowest BCUT2D eigenvalue weighted by molar-refractivity contribution is -0.137. The van der Waals surface area contributed by atoms with Crippen molar-refractivity contribution in [3.05, 3.63) is 71.8 Å². The van der Waals surface area contributed by atoms with Crippen LogP contribution in [0.1, 0.15) is 16.7 Å². The molecule has 35 heavy (non-hydrogen) atoms. The number of likely N-dealkylation sites (N-methyl/N-ethyl adjacent to an activating group) is 1. The number of piperazine rings is 1. The van der Waals surface area contributed by atoms with Crippen molar-refractivity contribution in [1.82, 2.24) is 20.4 Å². The number of carbonyl (C=O) groups excluding carboxylic acids is 2. The average molecular weight is 491 g/mol. The third-order valence-corrected chi connectivity index (χ3v) is 5.66. The minimum absolute atomic E-state index is 0.122. The number of hydrogen-bond donors (Lipinski definition) is 2. The first-order valence-electron chi connectivity index (χ1n) is 11.2. The fourth-order valence-electron chi connectivity index (χ4n) is 3.46. The molecule has 188 valence electrons. The van der Waals surface area contributed by atoms with Gasteiger partial charge in [0, 0.05) is 38.4 Å². The summed E-state index contributed by atoms with van der Waals surface area (Å²) in [5.41, 5.74) is 2.12. The number of benzene rings is 2. The zero-order chi connectivity index (χ0) is 25.4. The van der Waals surface area contributed by atoms with Gasteiger partial charge in [0.05, 0.1) is 12.1 Å². The molecule has 1 fully saturated rings. The molecule has 0 bridgehead atoms. The molecule has 0 atom stereocenters. The zero-order valence-electron chi connectivity index (χ0n) is 19.5. The Morgan fingerprint density at radius 2 is 1.57 bits per heavy atom. The minimum Gasteiger partial charge on any atom is -0.484 e. The highest BCUT2D eigenvalue weighted by molar-refractivity contribution is 5.85. The first-order chi connectivity index (χ1) is 16.6. The molecule has 0 aromatic heterocycles. The van der Waals surface area contributed by atoms with Crippen molar-refractivity contribution in [3.8, 4) is 5.75 Å². The quantitative estimate of drug-likeness (QED) is 0.566. The maximum Gasteiger partial charge on any atom is 0.416 e. The first-order valence-corrected chi connectivity index (χ1v) is 11.2. The molecule has 7 nitrogen and oxygen atoms in total. The normalized spacial score (nSPS) is 14.3. The second-order valence-electron chi connectivity index (χ2n) is 8.30. The monoisotopic (exact) mass is 490 g/mol. The Kier molecular flexibility index (Phi) is 8.75. The number of hydrogen-bond acceptors (Lipinski definition) is 5. The number of nitrogens with zero attached hydrogens (tertiary/aromatic N) is 2. The number of ether oxygens (including phenoxy) is 1. The summed E-state index contributed by atoms with van der Waals surface area (Å²) in [5.74, 6) is -0.818. The van der Waals surface area contributed by atoms with E-state index in [1.54, 1.807) is 0 Å². The molecule has 2 aromatic rings. The van der Waals surface area contributed by atoms with Crippen molar-refractivity contribution in [2.24, 2.45) is 0 Å². The molecule has 0 unspecified atom stereocenters. The van der Waals surface area contributed by atoms with Gasteiger partial charge >= 0.3 is 6.18 Å². The Labute approximate surface area is 202 Å². The summed E-state index contributed by atoms with van der Waals surface area (Å²) >= 11 is 0. The van der Waals surface area contributed by atoms with Gasteiger partial charge in [-0.15, -0.1) is 0 Å². The van der Waals surface area contributed by atoms with E-state index in [0.29, 0.717) is 6.54 Å². The summed E-state index contributed by atoms with van der Waals surface area (Å²) < 4.78 is 42.8. The molecule has 0 spiro atoms. The van der Waals surface area contributed by atoms with Gasteiger partial charge in [-0.2, -0.15) is 13.2 Å². The van der Waals surface area contributed by atoms with Crippen LogP contribution in [0.15, 0.2) is 55.1 Å². The third-order valence-electron chi connectivity index (χ3n) is 5.66. The molecule has 0 saturated carbocycles. The third kappa shape index (κ3) is 8.03. The number of nitrogens with one attached hydrogen (secondary N) is 2. The Morgan fingerprint density at radius 1 is 0.943 bits per heavy atom. The fraction of sp³-hybridized carbons (Fsp3) is 0.360. The largest absolute Gasteiger partial charge is 0.484 e. The van der Waals surface area contributed by atoms with Crippen molar-refractivity contribution in [1.29, 1.82) is 0 Å². The highest BCUT2D eigenvalue weighted by Crippen LogP contribution is 2.30. The molecule has 2 amide bonds. The lowest BCUT2D eigenvalue weighted by atomic mass is 10.1. The molecule has 1 aliphatic rings. The maximum atomic E-state index is 12.6. The van der Waals surface area contributed by atoms with Crippen LogP contribution >= 0.6 is 0 Å². The van der Waals surface area contributed by atoms with E-state index in [-0.39, 0.29) is 18.2 Å². The summed E-state index contributed by atoms with van der Waals surface area (Å²) in [4.78, 5) is 28.4. The molecule has 2 N–H and O–H groups in total. The number of alkyl halides is 3.